The molecule has 6 heteroatoms. The second-order valence-electron chi connectivity index (χ2n) is 4.89. The van der Waals surface area contributed by atoms with Crippen molar-refractivity contribution in [2.45, 2.75) is 31.8 Å². The molecular formula is C13H17Cl2NO2S. The van der Waals surface area contributed by atoms with Crippen LogP contribution in [0.25, 0.3) is 0 Å². The number of benzene rings is 1. The fourth-order valence-corrected chi connectivity index (χ4v) is 4.65. The van der Waals surface area contributed by atoms with Gasteiger partial charge in [-0.1, -0.05) is 36.2 Å². The van der Waals surface area contributed by atoms with Crippen molar-refractivity contribution in [2.24, 2.45) is 0 Å². The summed E-state index contributed by atoms with van der Waals surface area (Å²) in [6.07, 6.45) is 1.52. The van der Waals surface area contributed by atoms with Crippen LogP contribution in [0.1, 0.15) is 31.4 Å². The molecule has 0 radical (unpaired) electrons. The molecule has 1 aromatic carbocycles. The molecule has 0 amide bonds. The standard InChI is InChI=1S/C13H17Cl2NO2S/c1-2-13(11-4-3-9(14)7-12(11)15)16-10-5-6-19(17,18)8-10/h3-4,7,10,13,16H,2,5-6,8H2,1H3. The van der Waals surface area contributed by atoms with Gasteiger partial charge < -0.3 is 5.32 Å². The molecule has 2 atom stereocenters. The first-order chi connectivity index (χ1) is 8.91. The monoisotopic (exact) mass is 321 g/mol. The van der Waals surface area contributed by atoms with Crippen molar-refractivity contribution in [3.8, 4) is 0 Å². The number of halogens is 2. The Morgan fingerprint density at radius 3 is 2.68 bits per heavy atom. The maximum absolute atomic E-state index is 11.5. The third-order valence-corrected chi connectivity index (χ3v) is 5.75. The highest BCUT2D eigenvalue weighted by atomic mass is 35.5. The molecule has 3 nitrogen and oxygen atoms in total. The van der Waals surface area contributed by atoms with Crippen molar-refractivity contribution < 1.29 is 8.42 Å². The third kappa shape index (κ3) is 3.85. The van der Waals surface area contributed by atoms with Crippen LogP contribution in [0.3, 0.4) is 0 Å². The average molecular weight is 322 g/mol. The van der Waals surface area contributed by atoms with Crippen LogP contribution < -0.4 is 5.32 Å². The van der Waals surface area contributed by atoms with Gasteiger partial charge in [0, 0.05) is 22.1 Å². The van der Waals surface area contributed by atoms with Crippen LogP contribution in [0.5, 0.6) is 0 Å². The zero-order valence-electron chi connectivity index (χ0n) is 10.7. The summed E-state index contributed by atoms with van der Waals surface area (Å²) in [5.41, 5.74) is 0.970. The summed E-state index contributed by atoms with van der Waals surface area (Å²) in [7, 11) is -2.86. The summed E-state index contributed by atoms with van der Waals surface area (Å²) >= 11 is 12.1. The highest BCUT2D eigenvalue weighted by Crippen LogP contribution is 2.29. The maximum atomic E-state index is 11.5. The van der Waals surface area contributed by atoms with Gasteiger partial charge in [-0.05, 0) is 30.5 Å². The Morgan fingerprint density at radius 1 is 1.42 bits per heavy atom. The number of nitrogens with one attached hydrogen (secondary N) is 1. The molecule has 1 N–H and O–H groups in total. The van der Waals surface area contributed by atoms with Crippen LogP contribution in [0.2, 0.25) is 10.0 Å². The highest BCUT2D eigenvalue weighted by molar-refractivity contribution is 7.91. The summed E-state index contributed by atoms with van der Waals surface area (Å²) < 4.78 is 23.0. The Bertz CT molecular complexity index is 560. The molecule has 0 aliphatic carbocycles. The minimum atomic E-state index is -2.86. The molecule has 1 fully saturated rings. The van der Waals surface area contributed by atoms with Crippen LogP contribution in [0, 0.1) is 0 Å². The van der Waals surface area contributed by atoms with Crippen molar-refractivity contribution >= 4 is 33.0 Å². The van der Waals surface area contributed by atoms with Gasteiger partial charge in [-0.2, -0.15) is 0 Å². The van der Waals surface area contributed by atoms with Crippen molar-refractivity contribution in [3.63, 3.8) is 0 Å². The molecule has 0 saturated carbocycles. The van der Waals surface area contributed by atoms with Crippen molar-refractivity contribution in [2.75, 3.05) is 11.5 Å². The fourth-order valence-electron chi connectivity index (χ4n) is 2.42. The molecule has 19 heavy (non-hydrogen) atoms. The molecule has 2 unspecified atom stereocenters. The Morgan fingerprint density at radius 2 is 2.16 bits per heavy atom. The van der Waals surface area contributed by atoms with Gasteiger partial charge >= 0.3 is 0 Å². The van der Waals surface area contributed by atoms with Crippen LogP contribution in [0.15, 0.2) is 18.2 Å². The molecule has 1 aliphatic rings. The van der Waals surface area contributed by atoms with E-state index in [1.807, 2.05) is 13.0 Å². The molecule has 1 aromatic rings. The molecule has 2 rings (SSSR count). The zero-order valence-corrected chi connectivity index (χ0v) is 13.0. The van der Waals surface area contributed by atoms with E-state index in [9.17, 15) is 8.42 Å². The highest BCUT2D eigenvalue weighted by Gasteiger charge is 2.29. The smallest absolute Gasteiger partial charge is 0.151 e. The summed E-state index contributed by atoms with van der Waals surface area (Å²) in [5, 5.41) is 4.61. The lowest BCUT2D eigenvalue weighted by Gasteiger charge is -2.22. The van der Waals surface area contributed by atoms with E-state index in [-0.39, 0.29) is 23.6 Å². The average Bonchev–Trinajstić information content (AvgIpc) is 2.66. The van der Waals surface area contributed by atoms with E-state index in [2.05, 4.69) is 5.32 Å². The molecule has 0 spiro atoms. The second-order valence-corrected chi connectivity index (χ2v) is 7.97. The Balaban J connectivity index is 2.12. The Kier molecular flexibility index (Phi) is 4.77. The number of rotatable bonds is 4. The van der Waals surface area contributed by atoms with Crippen LogP contribution in [-0.2, 0) is 9.84 Å². The van der Waals surface area contributed by atoms with Crippen LogP contribution in [0.4, 0.5) is 0 Å². The van der Waals surface area contributed by atoms with Gasteiger partial charge in [0.05, 0.1) is 11.5 Å². The summed E-state index contributed by atoms with van der Waals surface area (Å²) in [4.78, 5) is 0. The van der Waals surface area contributed by atoms with Gasteiger partial charge in [0.2, 0.25) is 0 Å². The van der Waals surface area contributed by atoms with E-state index in [1.54, 1.807) is 12.1 Å². The number of hydrogen-bond donors (Lipinski definition) is 1. The van der Waals surface area contributed by atoms with Gasteiger partial charge in [0.15, 0.2) is 9.84 Å². The lowest BCUT2D eigenvalue weighted by Crippen LogP contribution is -2.33. The minimum Gasteiger partial charge on any atom is -0.306 e. The van der Waals surface area contributed by atoms with Crippen molar-refractivity contribution in [3.05, 3.63) is 33.8 Å². The lowest BCUT2D eigenvalue weighted by atomic mass is 10.0. The normalized spacial score (nSPS) is 23.4. The van der Waals surface area contributed by atoms with Crippen molar-refractivity contribution in [1.29, 1.82) is 0 Å². The van der Waals surface area contributed by atoms with E-state index in [1.165, 1.54) is 0 Å². The first kappa shape index (κ1) is 15.1. The quantitative estimate of drug-likeness (QED) is 0.926. The second kappa shape index (κ2) is 6.00. The SMILES string of the molecule is CCC(NC1CCS(=O)(=O)C1)c1ccc(Cl)cc1Cl. The predicted octanol–water partition coefficient (Wildman–Crippen LogP) is 3.22. The molecule has 1 heterocycles. The van der Waals surface area contributed by atoms with Crippen LogP contribution in [-0.4, -0.2) is 26.0 Å². The van der Waals surface area contributed by atoms with E-state index in [0.29, 0.717) is 16.5 Å². The van der Waals surface area contributed by atoms with Gasteiger partial charge in [0.1, 0.15) is 0 Å². The minimum absolute atomic E-state index is 0.0155. The number of hydrogen-bond acceptors (Lipinski definition) is 3. The predicted molar refractivity (Wildman–Crippen MR) is 79.7 cm³/mol. The summed E-state index contributed by atoms with van der Waals surface area (Å²) in [6, 6.07) is 5.49. The number of sulfone groups is 1. The topological polar surface area (TPSA) is 46.2 Å². The van der Waals surface area contributed by atoms with Crippen LogP contribution >= 0.6 is 23.2 Å². The van der Waals surface area contributed by atoms with E-state index >= 15 is 0 Å². The summed E-state index contributed by atoms with van der Waals surface area (Å²) in [5.74, 6) is 0.490. The Hall–Kier alpha value is -0.290. The van der Waals surface area contributed by atoms with E-state index in [4.69, 9.17) is 23.2 Å². The molecule has 0 aromatic heterocycles. The molecule has 106 valence electrons. The molecule has 0 bridgehead atoms. The van der Waals surface area contributed by atoms with Gasteiger partial charge in [-0.15, -0.1) is 0 Å². The first-order valence-corrected chi connectivity index (χ1v) is 8.90. The molecular weight excluding hydrogens is 305 g/mol. The Labute approximate surface area is 124 Å². The lowest BCUT2D eigenvalue weighted by molar-refractivity contribution is 0.450. The van der Waals surface area contributed by atoms with E-state index < -0.39 is 9.84 Å². The van der Waals surface area contributed by atoms with Gasteiger partial charge in [-0.3, -0.25) is 0 Å². The molecule has 1 saturated heterocycles. The maximum Gasteiger partial charge on any atom is 0.151 e. The third-order valence-electron chi connectivity index (χ3n) is 3.42. The zero-order chi connectivity index (χ0) is 14.0. The van der Waals surface area contributed by atoms with Gasteiger partial charge in [0.25, 0.3) is 0 Å². The first-order valence-electron chi connectivity index (χ1n) is 6.32. The van der Waals surface area contributed by atoms with E-state index in [0.717, 1.165) is 12.0 Å². The van der Waals surface area contributed by atoms with Gasteiger partial charge in [-0.25, -0.2) is 8.42 Å². The largest absolute Gasteiger partial charge is 0.306 e. The fraction of sp³-hybridized carbons (Fsp3) is 0.538. The van der Waals surface area contributed by atoms with Crippen molar-refractivity contribution in [1.82, 2.24) is 5.32 Å². The summed E-state index contributed by atoms with van der Waals surface area (Å²) in [6.45, 7) is 2.05. The molecule has 1 aliphatic heterocycles.